The minimum absolute atomic E-state index is 0.0776. The summed E-state index contributed by atoms with van der Waals surface area (Å²) in [7, 11) is 3.67. The molecule has 1 aliphatic carbocycles. The minimum Gasteiger partial charge on any atom is -0.341 e. The van der Waals surface area contributed by atoms with Crippen LogP contribution in [-0.2, 0) is 9.59 Å². The van der Waals surface area contributed by atoms with Gasteiger partial charge in [-0.1, -0.05) is 12.8 Å². The molecule has 0 unspecified atom stereocenters. The Hall–Kier alpha value is -1.06. The molecule has 1 fully saturated rings. The molecule has 92 valence electrons. The summed E-state index contributed by atoms with van der Waals surface area (Å²) < 4.78 is 0. The maximum atomic E-state index is 11.4. The van der Waals surface area contributed by atoms with Gasteiger partial charge >= 0.3 is 0 Å². The highest BCUT2D eigenvalue weighted by Gasteiger charge is 2.33. The maximum absolute atomic E-state index is 11.4. The first-order valence-corrected chi connectivity index (χ1v) is 5.92. The van der Waals surface area contributed by atoms with Crippen molar-refractivity contribution in [3.05, 3.63) is 0 Å². The fourth-order valence-electron chi connectivity index (χ4n) is 2.46. The highest BCUT2D eigenvalue weighted by Crippen LogP contribution is 2.26. The van der Waals surface area contributed by atoms with Crippen LogP contribution in [0.15, 0.2) is 0 Å². The van der Waals surface area contributed by atoms with Crippen LogP contribution in [0.3, 0.4) is 0 Å². The quantitative estimate of drug-likeness (QED) is 0.711. The van der Waals surface area contributed by atoms with Crippen LogP contribution in [0.1, 0.15) is 39.5 Å². The van der Waals surface area contributed by atoms with Gasteiger partial charge in [-0.15, -0.1) is 0 Å². The molecule has 0 radical (unpaired) electrons. The molecule has 1 saturated carbocycles. The molecule has 0 aromatic carbocycles. The van der Waals surface area contributed by atoms with Crippen LogP contribution in [-0.4, -0.2) is 47.8 Å². The lowest BCUT2D eigenvalue weighted by Gasteiger charge is -2.41. The van der Waals surface area contributed by atoms with Crippen LogP contribution < -0.4 is 0 Å². The molecule has 0 N–H and O–H groups in total. The molecule has 0 aromatic rings. The van der Waals surface area contributed by atoms with E-state index in [9.17, 15) is 9.59 Å². The van der Waals surface area contributed by atoms with Crippen molar-refractivity contribution in [3.8, 4) is 0 Å². The van der Waals surface area contributed by atoms with Crippen molar-refractivity contribution in [1.82, 2.24) is 9.80 Å². The Labute approximate surface area is 97.6 Å². The number of likely N-dealkylation sites (N-methyl/N-ethyl adjacent to an activating group) is 2. The lowest BCUT2D eigenvalue weighted by Crippen LogP contribution is -2.53. The van der Waals surface area contributed by atoms with Crippen LogP contribution in [0.4, 0.5) is 0 Å². The number of nitrogens with zero attached hydrogens (tertiary/aromatic N) is 2. The van der Waals surface area contributed by atoms with Gasteiger partial charge in [-0.25, -0.2) is 0 Å². The van der Waals surface area contributed by atoms with E-state index >= 15 is 0 Å². The first-order chi connectivity index (χ1) is 7.45. The molecule has 0 aromatic heterocycles. The fourth-order valence-corrected chi connectivity index (χ4v) is 2.46. The fraction of sp³-hybridized carbons (Fsp3) is 0.833. The van der Waals surface area contributed by atoms with Gasteiger partial charge in [0.1, 0.15) is 0 Å². The van der Waals surface area contributed by atoms with Crippen molar-refractivity contribution in [2.75, 3.05) is 14.1 Å². The summed E-state index contributed by atoms with van der Waals surface area (Å²) in [5, 5.41) is 0. The van der Waals surface area contributed by atoms with Gasteiger partial charge in [-0.2, -0.15) is 0 Å². The van der Waals surface area contributed by atoms with E-state index in [-0.39, 0.29) is 23.9 Å². The first kappa shape index (κ1) is 13.0. The predicted octanol–water partition coefficient (Wildman–Crippen LogP) is 1.25. The molecular weight excluding hydrogens is 204 g/mol. The number of amides is 2. The summed E-state index contributed by atoms with van der Waals surface area (Å²) >= 11 is 0. The molecule has 0 spiro atoms. The van der Waals surface area contributed by atoms with Gasteiger partial charge in [0, 0.05) is 27.9 Å². The summed E-state index contributed by atoms with van der Waals surface area (Å²) in [6.07, 6.45) is 4.28. The molecule has 2 atom stereocenters. The van der Waals surface area contributed by atoms with Crippen molar-refractivity contribution < 1.29 is 9.59 Å². The molecule has 16 heavy (non-hydrogen) atoms. The van der Waals surface area contributed by atoms with Gasteiger partial charge in [0.05, 0.1) is 12.1 Å². The third-order valence-electron chi connectivity index (χ3n) is 3.68. The number of hydrogen-bond acceptors (Lipinski definition) is 2. The summed E-state index contributed by atoms with van der Waals surface area (Å²) in [5.41, 5.74) is 0. The van der Waals surface area contributed by atoms with E-state index in [0.717, 1.165) is 25.7 Å². The highest BCUT2D eigenvalue weighted by atomic mass is 16.2. The van der Waals surface area contributed by atoms with Crippen molar-refractivity contribution >= 4 is 11.8 Å². The molecule has 4 nitrogen and oxygen atoms in total. The van der Waals surface area contributed by atoms with E-state index in [1.165, 1.54) is 0 Å². The lowest BCUT2D eigenvalue weighted by molar-refractivity contribution is -0.137. The molecule has 0 saturated heterocycles. The Morgan fingerprint density at radius 1 is 0.875 bits per heavy atom. The zero-order valence-electron chi connectivity index (χ0n) is 10.7. The van der Waals surface area contributed by atoms with E-state index in [1.807, 2.05) is 14.1 Å². The smallest absolute Gasteiger partial charge is 0.219 e. The monoisotopic (exact) mass is 226 g/mol. The Morgan fingerprint density at radius 2 is 1.19 bits per heavy atom. The summed E-state index contributed by atoms with van der Waals surface area (Å²) in [6.45, 7) is 3.17. The van der Waals surface area contributed by atoms with Crippen LogP contribution in [0, 0.1) is 0 Å². The van der Waals surface area contributed by atoms with Gasteiger partial charge in [0.25, 0.3) is 0 Å². The molecule has 0 bridgehead atoms. The predicted molar refractivity (Wildman–Crippen MR) is 62.9 cm³/mol. The van der Waals surface area contributed by atoms with Gasteiger partial charge in [-0.05, 0) is 12.8 Å². The second kappa shape index (κ2) is 5.32. The third kappa shape index (κ3) is 2.74. The summed E-state index contributed by atoms with van der Waals surface area (Å²) in [5.74, 6) is 0.155. The van der Waals surface area contributed by atoms with Crippen LogP contribution >= 0.6 is 0 Å². The highest BCUT2D eigenvalue weighted by molar-refractivity contribution is 5.75. The average molecular weight is 226 g/mol. The Morgan fingerprint density at radius 3 is 1.44 bits per heavy atom. The van der Waals surface area contributed by atoms with E-state index in [4.69, 9.17) is 0 Å². The van der Waals surface area contributed by atoms with Gasteiger partial charge in [0.15, 0.2) is 0 Å². The van der Waals surface area contributed by atoms with Crippen molar-refractivity contribution in [2.24, 2.45) is 0 Å². The van der Waals surface area contributed by atoms with Gasteiger partial charge in [0.2, 0.25) is 11.8 Å². The average Bonchev–Trinajstić information content (AvgIpc) is 2.26. The second-order valence-electron chi connectivity index (χ2n) is 4.68. The van der Waals surface area contributed by atoms with Crippen molar-refractivity contribution in [3.63, 3.8) is 0 Å². The first-order valence-electron chi connectivity index (χ1n) is 5.92. The molecule has 0 heterocycles. The van der Waals surface area contributed by atoms with Crippen molar-refractivity contribution in [2.45, 2.75) is 51.6 Å². The van der Waals surface area contributed by atoms with E-state index in [0.29, 0.717) is 0 Å². The third-order valence-corrected chi connectivity index (χ3v) is 3.68. The minimum atomic E-state index is 0.0776. The Kier molecular flexibility index (Phi) is 4.33. The lowest BCUT2D eigenvalue weighted by atomic mass is 9.88. The van der Waals surface area contributed by atoms with Crippen molar-refractivity contribution in [1.29, 1.82) is 0 Å². The molecule has 4 heteroatoms. The van der Waals surface area contributed by atoms with Crippen LogP contribution in [0.5, 0.6) is 0 Å². The molecule has 1 rings (SSSR count). The Balaban J connectivity index is 2.78. The SMILES string of the molecule is CC(=O)N(C)[C@@H]1CCCC[C@@H]1N(C)C(C)=O. The zero-order chi connectivity index (χ0) is 12.3. The van der Waals surface area contributed by atoms with E-state index < -0.39 is 0 Å². The molecule has 0 aliphatic heterocycles. The van der Waals surface area contributed by atoms with Gasteiger partial charge < -0.3 is 9.80 Å². The number of rotatable bonds is 2. The number of hydrogen-bond donors (Lipinski definition) is 0. The Bertz CT molecular complexity index is 250. The topological polar surface area (TPSA) is 40.6 Å². The molecule has 2 amide bonds. The van der Waals surface area contributed by atoms with E-state index in [1.54, 1.807) is 23.6 Å². The van der Waals surface area contributed by atoms with Crippen LogP contribution in [0.2, 0.25) is 0 Å². The largest absolute Gasteiger partial charge is 0.341 e. The maximum Gasteiger partial charge on any atom is 0.219 e. The van der Waals surface area contributed by atoms with Gasteiger partial charge in [-0.3, -0.25) is 9.59 Å². The second-order valence-corrected chi connectivity index (χ2v) is 4.68. The molecule has 1 aliphatic rings. The molecular formula is C12H22N2O2. The number of carbonyl (C=O) groups excluding carboxylic acids is 2. The van der Waals surface area contributed by atoms with E-state index in [2.05, 4.69) is 0 Å². The van der Waals surface area contributed by atoms with Crippen LogP contribution in [0.25, 0.3) is 0 Å². The summed E-state index contributed by atoms with van der Waals surface area (Å²) in [4.78, 5) is 26.4. The standard InChI is InChI=1S/C12H22N2O2/c1-9(15)13(3)11-7-5-6-8-12(11)14(4)10(2)16/h11-12H,5-8H2,1-4H3/t11-,12+. The normalized spacial score (nSPS) is 25.0. The zero-order valence-corrected chi connectivity index (χ0v) is 10.7. The number of carbonyl (C=O) groups is 2. The summed E-state index contributed by atoms with van der Waals surface area (Å²) in [6, 6.07) is 0.361.